The summed E-state index contributed by atoms with van der Waals surface area (Å²) in [5.41, 5.74) is 5.05. The van der Waals surface area contributed by atoms with E-state index in [2.05, 4.69) is 24.0 Å². The van der Waals surface area contributed by atoms with E-state index < -0.39 is 0 Å². The maximum atomic E-state index is 12.9. The van der Waals surface area contributed by atoms with E-state index in [1.807, 2.05) is 49.4 Å². The number of carbonyl (C=O) groups excluding carboxylic acids is 2. The molecule has 1 fully saturated rings. The lowest BCUT2D eigenvalue weighted by Gasteiger charge is -2.35. The third kappa shape index (κ3) is 4.52. The molecule has 0 bridgehead atoms. The maximum Gasteiger partial charge on any atom is 0.176 e. The Balaban J connectivity index is 0.00000240. The van der Waals surface area contributed by atoms with Gasteiger partial charge in [0, 0.05) is 17.0 Å². The number of hydrogen-bond acceptors (Lipinski definition) is 3. The van der Waals surface area contributed by atoms with Crippen molar-refractivity contribution in [3.05, 3.63) is 76.4 Å². The average molecular weight is 410 g/mol. The smallest absolute Gasteiger partial charge is 0.176 e. The second-order valence-corrected chi connectivity index (χ2v) is 8.17. The first-order chi connectivity index (χ1) is 13.5. The molecule has 3 nitrogen and oxygen atoms in total. The molecule has 0 amide bonds. The molecule has 0 spiro atoms. The van der Waals surface area contributed by atoms with Gasteiger partial charge in [-0.1, -0.05) is 48.6 Å². The van der Waals surface area contributed by atoms with Crippen LogP contribution in [0, 0.1) is 25.7 Å². The number of halogens is 1. The van der Waals surface area contributed by atoms with Gasteiger partial charge in [-0.3, -0.25) is 14.5 Å². The molecule has 1 saturated heterocycles. The number of nitrogens with zero attached hydrogens (tertiary/aromatic N) is 1. The summed E-state index contributed by atoms with van der Waals surface area (Å²) < 4.78 is 0. The zero-order chi connectivity index (χ0) is 19.7. The molecule has 4 heteroatoms. The van der Waals surface area contributed by atoms with Gasteiger partial charge in [-0.2, -0.15) is 0 Å². The molecule has 4 rings (SSSR count). The fourth-order valence-corrected chi connectivity index (χ4v) is 4.39. The van der Waals surface area contributed by atoms with Crippen LogP contribution in [0.3, 0.4) is 0 Å². The van der Waals surface area contributed by atoms with Gasteiger partial charge >= 0.3 is 0 Å². The topological polar surface area (TPSA) is 37.4 Å². The Labute approximate surface area is 179 Å². The number of likely N-dealkylation sites (tertiary alicyclic amines) is 1. The van der Waals surface area contributed by atoms with Gasteiger partial charge in [0.25, 0.3) is 0 Å². The number of aryl methyl sites for hydroxylation is 2. The highest BCUT2D eigenvalue weighted by atomic mass is 35.5. The van der Waals surface area contributed by atoms with E-state index >= 15 is 0 Å². The number of fused-ring (bicyclic) bond motifs is 1. The summed E-state index contributed by atoms with van der Waals surface area (Å²) in [4.78, 5) is 27.8. The molecular formula is C25H28ClNO2. The standard InChI is InChI=1S/C25H27NO2.ClH/c1-17-7-8-21(15-18(17)2)24(27)16-26-13-11-20(12-14-26)23-10-9-19-5-3-4-6-22(19)25(23)28;/h3-10,15,20,23H,11-14,16H2,1-2H3;1H. The highest BCUT2D eigenvalue weighted by molar-refractivity contribution is 6.04. The number of Topliss-reactive ketones (excluding diaryl/α,β-unsaturated/α-hetero) is 2. The predicted octanol–water partition coefficient (Wildman–Crippen LogP) is 5.15. The van der Waals surface area contributed by atoms with E-state index in [1.54, 1.807) is 0 Å². The lowest BCUT2D eigenvalue weighted by molar-refractivity contribution is 0.0801. The van der Waals surface area contributed by atoms with Crippen LogP contribution in [-0.4, -0.2) is 36.1 Å². The van der Waals surface area contributed by atoms with Gasteiger partial charge in [0.05, 0.1) is 6.54 Å². The Hall–Kier alpha value is -2.23. The molecule has 2 aromatic rings. The second-order valence-electron chi connectivity index (χ2n) is 8.17. The van der Waals surface area contributed by atoms with Crippen molar-refractivity contribution in [2.75, 3.05) is 19.6 Å². The zero-order valence-corrected chi connectivity index (χ0v) is 17.9. The normalized spacial score (nSPS) is 19.5. The minimum atomic E-state index is -0.0208. The maximum absolute atomic E-state index is 12.9. The van der Waals surface area contributed by atoms with E-state index in [0.29, 0.717) is 12.5 Å². The van der Waals surface area contributed by atoms with Crippen molar-refractivity contribution < 1.29 is 9.59 Å². The molecule has 1 heterocycles. The number of ketones is 2. The molecular weight excluding hydrogens is 382 g/mol. The van der Waals surface area contributed by atoms with Crippen molar-refractivity contribution in [3.63, 3.8) is 0 Å². The number of benzene rings is 2. The molecule has 1 aliphatic heterocycles. The van der Waals surface area contributed by atoms with Crippen molar-refractivity contribution in [1.29, 1.82) is 0 Å². The number of allylic oxidation sites excluding steroid dienone is 1. The molecule has 2 aromatic carbocycles. The van der Waals surface area contributed by atoms with E-state index in [0.717, 1.165) is 48.2 Å². The van der Waals surface area contributed by atoms with Gasteiger partial charge in [-0.15, -0.1) is 12.4 Å². The van der Waals surface area contributed by atoms with Crippen LogP contribution in [-0.2, 0) is 0 Å². The van der Waals surface area contributed by atoms with Crippen LogP contribution in [0.15, 0.2) is 48.5 Å². The van der Waals surface area contributed by atoms with Crippen molar-refractivity contribution in [2.24, 2.45) is 11.8 Å². The van der Waals surface area contributed by atoms with Crippen LogP contribution in [0.4, 0.5) is 0 Å². The Kier molecular flexibility index (Phi) is 6.71. The first-order valence-electron chi connectivity index (χ1n) is 10.2. The minimum absolute atomic E-state index is 0. The molecule has 0 radical (unpaired) electrons. The van der Waals surface area contributed by atoms with E-state index in [4.69, 9.17) is 0 Å². The molecule has 1 aliphatic carbocycles. The summed E-state index contributed by atoms with van der Waals surface area (Å²) in [5, 5.41) is 0. The number of rotatable bonds is 4. The van der Waals surface area contributed by atoms with E-state index in [-0.39, 0.29) is 29.9 Å². The van der Waals surface area contributed by atoms with Crippen LogP contribution in [0.1, 0.15) is 50.2 Å². The monoisotopic (exact) mass is 409 g/mol. The predicted molar refractivity (Wildman–Crippen MR) is 120 cm³/mol. The van der Waals surface area contributed by atoms with Gasteiger partial charge < -0.3 is 0 Å². The van der Waals surface area contributed by atoms with Crippen LogP contribution in [0.25, 0.3) is 6.08 Å². The molecule has 0 aromatic heterocycles. The minimum Gasteiger partial charge on any atom is -0.296 e. The highest BCUT2D eigenvalue weighted by Gasteiger charge is 2.33. The third-order valence-electron chi connectivity index (χ3n) is 6.35. The Morgan fingerprint density at radius 2 is 1.76 bits per heavy atom. The molecule has 1 unspecified atom stereocenters. The Morgan fingerprint density at radius 1 is 1.03 bits per heavy atom. The Morgan fingerprint density at radius 3 is 2.48 bits per heavy atom. The van der Waals surface area contributed by atoms with E-state index in [1.165, 1.54) is 5.56 Å². The lowest BCUT2D eigenvalue weighted by Crippen LogP contribution is -2.40. The van der Waals surface area contributed by atoms with Crippen molar-refractivity contribution in [2.45, 2.75) is 26.7 Å². The summed E-state index contributed by atoms with van der Waals surface area (Å²) in [6.45, 7) is 6.33. The van der Waals surface area contributed by atoms with Gasteiger partial charge in [-0.05, 0) is 68.5 Å². The van der Waals surface area contributed by atoms with Gasteiger partial charge in [-0.25, -0.2) is 0 Å². The molecule has 1 atom stereocenters. The quantitative estimate of drug-likeness (QED) is 0.655. The largest absolute Gasteiger partial charge is 0.296 e. The number of carbonyl (C=O) groups is 2. The first kappa shape index (κ1) is 21.5. The molecule has 152 valence electrons. The van der Waals surface area contributed by atoms with Gasteiger partial charge in [0.1, 0.15) is 0 Å². The second kappa shape index (κ2) is 9.06. The molecule has 2 aliphatic rings. The number of piperidine rings is 1. The van der Waals surface area contributed by atoms with Gasteiger partial charge in [0.2, 0.25) is 0 Å². The molecule has 29 heavy (non-hydrogen) atoms. The summed E-state index contributed by atoms with van der Waals surface area (Å²) in [7, 11) is 0. The number of hydrogen-bond donors (Lipinski definition) is 0. The summed E-state index contributed by atoms with van der Waals surface area (Å²) in [6, 6.07) is 13.8. The first-order valence-corrected chi connectivity index (χ1v) is 10.2. The van der Waals surface area contributed by atoms with Gasteiger partial charge in [0.15, 0.2) is 11.6 Å². The Bertz CT molecular complexity index is 942. The molecule has 0 saturated carbocycles. The fraction of sp³-hybridized carbons (Fsp3) is 0.360. The zero-order valence-electron chi connectivity index (χ0n) is 17.1. The summed E-state index contributed by atoms with van der Waals surface area (Å²) >= 11 is 0. The summed E-state index contributed by atoms with van der Waals surface area (Å²) in [6.07, 6.45) is 6.11. The SMILES string of the molecule is Cc1ccc(C(=O)CN2CCC(C3C=Cc4ccccc4C3=O)CC2)cc1C.Cl. The van der Waals surface area contributed by atoms with Crippen molar-refractivity contribution in [3.8, 4) is 0 Å². The molecule has 0 N–H and O–H groups in total. The van der Waals surface area contributed by atoms with Crippen molar-refractivity contribution in [1.82, 2.24) is 4.90 Å². The summed E-state index contributed by atoms with van der Waals surface area (Å²) in [5.74, 6) is 0.782. The van der Waals surface area contributed by atoms with Crippen molar-refractivity contribution >= 4 is 30.0 Å². The lowest BCUT2D eigenvalue weighted by atomic mass is 9.76. The fourth-order valence-electron chi connectivity index (χ4n) is 4.39. The van der Waals surface area contributed by atoms with E-state index in [9.17, 15) is 9.59 Å². The van der Waals surface area contributed by atoms with Crippen LogP contribution in [0.2, 0.25) is 0 Å². The third-order valence-corrected chi connectivity index (χ3v) is 6.35. The van der Waals surface area contributed by atoms with Crippen LogP contribution >= 0.6 is 12.4 Å². The average Bonchev–Trinajstić information content (AvgIpc) is 2.71. The van der Waals surface area contributed by atoms with Crippen LogP contribution < -0.4 is 0 Å². The van der Waals surface area contributed by atoms with Crippen LogP contribution in [0.5, 0.6) is 0 Å². The highest BCUT2D eigenvalue weighted by Crippen LogP contribution is 2.33.